The van der Waals surface area contributed by atoms with Crippen LogP contribution in [0, 0.1) is 0 Å². The first-order chi connectivity index (χ1) is 5.04. The molecular weight excluding hydrogens is 236 g/mol. The van der Waals surface area contributed by atoms with Crippen LogP contribution in [0.25, 0.3) is 0 Å². The van der Waals surface area contributed by atoms with Crippen molar-refractivity contribution in [1.82, 2.24) is 0 Å². The molecule has 1 heterocycles. The van der Waals surface area contributed by atoms with E-state index < -0.39 is 11.4 Å². The van der Waals surface area contributed by atoms with Crippen molar-refractivity contribution in [3.05, 3.63) is 0 Å². The zero-order chi connectivity index (χ0) is 8.85. The molecule has 0 atom stereocenters. The van der Waals surface area contributed by atoms with Crippen molar-refractivity contribution < 1.29 is 77.2 Å². The topological polar surface area (TPSA) is 92.6 Å². The van der Waals surface area contributed by atoms with E-state index in [2.05, 4.69) is 4.40 Å². The summed E-state index contributed by atoms with van der Waals surface area (Å²) in [5.41, 5.74) is 0.657. The molecule has 1 aliphatic rings. The van der Waals surface area contributed by atoms with Gasteiger partial charge in [0.1, 0.15) is 0 Å². The zero-order valence-electron chi connectivity index (χ0n) is 7.60. The van der Waals surface area contributed by atoms with Gasteiger partial charge in [-0.15, -0.1) is 11.4 Å². The van der Waals surface area contributed by atoms with E-state index in [0.29, 0.717) is 11.5 Å². The third-order valence-electron chi connectivity index (χ3n) is 0.801. The summed E-state index contributed by atoms with van der Waals surface area (Å²) in [6.45, 7) is 1.74. The predicted octanol–water partition coefficient (Wildman–Crippen LogP) is -6.32. The normalized spacial score (nSPS) is 13.5. The Hall–Kier alpha value is 1.76. The molecule has 1 rings (SSSR count). The maximum Gasteiger partial charge on any atom is 1.00 e. The van der Waals surface area contributed by atoms with E-state index in [9.17, 15) is 4.79 Å². The first-order valence-corrected chi connectivity index (χ1v) is 4.45. The molecule has 5 nitrogen and oxygen atoms in total. The maximum atomic E-state index is 10.4. The van der Waals surface area contributed by atoms with Crippen molar-refractivity contribution in [2.45, 2.75) is 6.92 Å². The molecule has 0 bridgehead atoms. The Labute approximate surface area is 127 Å². The summed E-state index contributed by atoms with van der Waals surface area (Å²) in [5.74, 6) is 0.719. The summed E-state index contributed by atoms with van der Waals surface area (Å²) in [6.07, 6.45) is 0. The molecule has 0 N–H and O–H groups in total. The molecule has 0 saturated heterocycles. The molecule has 0 aromatic rings. The fourth-order valence-electron chi connectivity index (χ4n) is 0.343. The van der Waals surface area contributed by atoms with Gasteiger partial charge in [0, 0.05) is 0 Å². The molecule has 9 heteroatoms. The number of rotatable bonds is 0. The molecule has 0 amide bonds. The minimum absolute atomic E-state index is 0. The first-order valence-electron chi connectivity index (χ1n) is 2.50. The fourth-order valence-corrected chi connectivity index (χ4v) is 1.03. The van der Waals surface area contributed by atoms with Crippen LogP contribution in [-0.2, 0) is 16.2 Å². The van der Waals surface area contributed by atoms with Gasteiger partial charge >= 0.3 is 59.1 Å². The van der Waals surface area contributed by atoms with Crippen LogP contribution in [0.2, 0.25) is 0 Å². The molecule has 0 aliphatic carbocycles. The summed E-state index contributed by atoms with van der Waals surface area (Å²) in [6, 6.07) is 0. The number of carbonyl (C=O) groups excluding carboxylic acids is 1. The molecule has 0 radical (unpaired) electrons. The van der Waals surface area contributed by atoms with Gasteiger partial charge in [-0.25, -0.2) is 4.40 Å². The smallest absolute Gasteiger partial charge is 0.784 e. The Morgan fingerprint density at radius 3 is 1.92 bits per heavy atom. The molecule has 0 fully saturated rings. The summed E-state index contributed by atoms with van der Waals surface area (Å²) < 4.78 is 29.1. The molecular formula is C4H5NNa2O4S2. The third-order valence-corrected chi connectivity index (χ3v) is 1.59. The number of hydrogen-bond acceptors (Lipinski definition) is 6. The van der Waals surface area contributed by atoms with E-state index in [4.69, 9.17) is 13.3 Å². The van der Waals surface area contributed by atoms with E-state index in [1.54, 1.807) is 6.92 Å². The molecule has 13 heavy (non-hydrogen) atoms. The van der Waals surface area contributed by atoms with Crippen molar-refractivity contribution in [2.24, 2.45) is 4.40 Å². The quantitative estimate of drug-likeness (QED) is 0.239. The van der Waals surface area contributed by atoms with Gasteiger partial charge in [-0.1, -0.05) is 0 Å². The van der Waals surface area contributed by atoms with Gasteiger partial charge in [0.05, 0.1) is 11.5 Å². The summed E-state index contributed by atoms with van der Waals surface area (Å²) in [4.78, 5) is 10.4. The van der Waals surface area contributed by atoms with Crippen molar-refractivity contribution in [3.8, 4) is 0 Å². The van der Waals surface area contributed by atoms with E-state index in [-0.39, 0.29) is 64.9 Å². The van der Waals surface area contributed by atoms with Crippen LogP contribution < -0.4 is 59.1 Å². The number of Topliss-reactive ketones (excluding diaryl/α,β-unsaturated/α-hetero) is 1. The minimum Gasteiger partial charge on any atom is -0.784 e. The minimum atomic E-state index is -3.11. The molecule has 0 saturated carbocycles. The number of carbonyl (C=O) groups is 1. The van der Waals surface area contributed by atoms with Crippen LogP contribution in [0.5, 0.6) is 0 Å². The van der Waals surface area contributed by atoms with Crippen molar-refractivity contribution in [3.63, 3.8) is 0 Å². The average Bonchev–Trinajstić information content (AvgIpc) is 2.15. The maximum absolute atomic E-state index is 10.4. The Bertz CT molecular complexity index is 206. The molecule has 0 spiro atoms. The van der Waals surface area contributed by atoms with Gasteiger partial charge in [-0.2, -0.15) is 0 Å². The van der Waals surface area contributed by atoms with Gasteiger partial charge in [0.2, 0.25) is 0 Å². The summed E-state index contributed by atoms with van der Waals surface area (Å²) in [5, 5.41) is 0. The Balaban J connectivity index is -0.000000150. The van der Waals surface area contributed by atoms with Crippen LogP contribution in [0.1, 0.15) is 6.92 Å². The third kappa shape index (κ3) is 13.8. The molecule has 0 unspecified atom stereocenters. The van der Waals surface area contributed by atoms with E-state index in [1.165, 1.54) is 11.9 Å². The van der Waals surface area contributed by atoms with Crippen LogP contribution >= 0.6 is 11.9 Å². The SMILES string of the molecule is CC1=NSCC1=O.O=S([O-])[O-].[Na+].[Na+]. The number of nitrogens with zero attached hydrogens (tertiary/aromatic N) is 1. The Morgan fingerprint density at radius 1 is 1.46 bits per heavy atom. The molecule has 0 aromatic heterocycles. The predicted molar refractivity (Wildman–Crippen MR) is 40.3 cm³/mol. The Kier molecular flexibility index (Phi) is 18.4. The van der Waals surface area contributed by atoms with Crippen molar-refractivity contribution in [1.29, 1.82) is 0 Å². The van der Waals surface area contributed by atoms with Crippen molar-refractivity contribution in [2.75, 3.05) is 5.75 Å². The molecule has 0 aromatic carbocycles. The molecule has 1 aliphatic heterocycles. The van der Waals surface area contributed by atoms with Gasteiger partial charge < -0.3 is 9.11 Å². The second kappa shape index (κ2) is 11.8. The fraction of sp³-hybridized carbons (Fsp3) is 0.500. The monoisotopic (exact) mass is 241 g/mol. The van der Waals surface area contributed by atoms with Crippen LogP contribution in [-0.4, -0.2) is 30.6 Å². The second-order valence-electron chi connectivity index (χ2n) is 1.58. The van der Waals surface area contributed by atoms with E-state index in [1.807, 2.05) is 0 Å². The van der Waals surface area contributed by atoms with E-state index in [0.717, 1.165) is 0 Å². The van der Waals surface area contributed by atoms with Gasteiger partial charge in [-0.3, -0.25) is 9.00 Å². The second-order valence-corrected chi connectivity index (χ2v) is 2.72. The van der Waals surface area contributed by atoms with Crippen molar-refractivity contribution >= 4 is 34.8 Å². The first kappa shape index (κ1) is 20.2. The summed E-state index contributed by atoms with van der Waals surface area (Å²) >= 11 is -1.78. The standard InChI is InChI=1S/C4H5NOS.2Na.H2O3S/c1-3-4(6)2-7-5-3;;;1-4(2)3/h2H2,1H3;;;(H2,1,2,3)/q;2*+1;/p-2. The zero-order valence-corrected chi connectivity index (χ0v) is 13.2. The Morgan fingerprint density at radius 2 is 1.85 bits per heavy atom. The van der Waals surface area contributed by atoms with Crippen LogP contribution in [0.4, 0.5) is 0 Å². The molecule has 64 valence electrons. The largest absolute Gasteiger partial charge is 1.00 e. The number of ketones is 1. The van der Waals surface area contributed by atoms with Crippen LogP contribution in [0.3, 0.4) is 0 Å². The average molecular weight is 241 g/mol. The van der Waals surface area contributed by atoms with E-state index >= 15 is 0 Å². The van der Waals surface area contributed by atoms with Gasteiger partial charge in [0.25, 0.3) is 0 Å². The van der Waals surface area contributed by atoms with Crippen LogP contribution in [0.15, 0.2) is 4.40 Å². The number of hydrogen-bond donors (Lipinski definition) is 0. The van der Waals surface area contributed by atoms with Gasteiger partial charge in [-0.05, 0) is 18.9 Å². The van der Waals surface area contributed by atoms with Gasteiger partial charge in [0.15, 0.2) is 5.78 Å². The summed E-state index contributed by atoms with van der Waals surface area (Å²) in [7, 11) is 0.